The van der Waals surface area contributed by atoms with Gasteiger partial charge in [-0.3, -0.25) is 4.79 Å². The highest BCUT2D eigenvalue weighted by Gasteiger charge is 2.32. The van der Waals surface area contributed by atoms with E-state index in [2.05, 4.69) is 4.74 Å². The number of ether oxygens (including phenoxy) is 2. The highest BCUT2D eigenvalue weighted by Crippen LogP contribution is 2.28. The van der Waals surface area contributed by atoms with Crippen LogP contribution in [0.5, 0.6) is 5.75 Å². The first-order valence-corrected chi connectivity index (χ1v) is 12.6. The first-order chi connectivity index (χ1) is 15.1. The van der Waals surface area contributed by atoms with Gasteiger partial charge in [-0.1, -0.05) is 32.1 Å². The van der Waals surface area contributed by atoms with E-state index in [9.17, 15) is 26.4 Å². The average Bonchev–Trinajstić information content (AvgIpc) is 2.76. The second kappa shape index (κ2) is 11.0. The molecule has 10 heteroatoms. The van der Waals surface area contributed by atoms with E-state index < -0.39 is 22.1 Å². The Morgan fingerprint density at radius 2 is 1.62 bits per heavy atom. The zero-order chi connectivity index (χ0) is 23.2. The molecular weight excluding hydrogens is 447 g/mol. The van der Waals surface area contributed by atoms with E-state index in [1.165, 1.54) is 36.4 Å². The number of hydrogen-bond acceptors (Lipinski definition) is 5. The molecule has 2 fully saturated rings. The predicted octanol–water partition coefficient (Wildman–Crippen LogP) is 4.68. The Bertz CT molecular complexity index is 843. The molecule has 3 rings (SSSR count). The molecule has 0 atom stereocenters. The highest BCUT2D eigenvalue weighted by molar-refractivity contribution is 7.89. The van der Waals surface area contributed by atoms with Crippen LogP contribution in [0, 0.1) is 5.92 Å². The second-order valence-corrected chi connectivity index (χ2v) is 10.5. The Kier molecular flexibility index (Phi) is 8.57. The molecule has 1 aromatic rings. The van der Waals surface area contributed by atoms with Crippen molar-refractivity contribution in [2.45, 2.75) is 75.1 Å². The lowest BCUT2D eigenvalue weighted by Gasteiger charge is -2.31. The monoisotopic (exact) mass is 477 g/mol. The van der Waals surface area contributed by atoms with Gasteiger partial charge in [-0.2, -0.15) is 4.31 Å². The van der Waals surface area contributed by atoms with Crippen LogP contribution in [0.3, 0.4) is 0 Å². The third kappa shape index (κ3) is 7.45. The molecule has 0 N–H and O–H groups in total. The van der Waals surface area contributed by atoms with E-state index in [0.717, 1.165) is 30.7 Å². The van der Waals surface area contributed by atoms with Crippen molar-refractivity contribution in [3.8, 4) is 5.75 Å². The van der Waals surface area contributed by atoms with Crippen LogP contribution in [0.15, 0.2) is 29.2 Å². The van der Waals surface area contributed by atoms with Gasteiger partial charge in [-0.15, -0.1) is 13.2 Å². The van der Waals surface area contributed by atoms with Crippen LogP contribution in [-0.2, 0) is 19.6 Å². The van der Waals surface area contributed by atoms with Crippen LogP contribution in [0.25, 0.3) is 0 Å². The molecule has 1 aliphatic carbocycles. The summed E-state index contributed by atoms with van der Waals surface area (Å²) in [7, 11) is -3.82. The average molecular weight is 478 g/mol. The number of carbonyl (C=O) groups excluding carboxylic acids is 1. The summed E-state index contributed by atoms with van der Waals surface area (Å²) >= 11 is 0. The van der Waals surface area contributed by atoms with Crippen LogP contribution in [-0.4, -0.2) is 50.7 Å². The lowest BCUT2D eigenvalue weighted by molar-refractivity contribution is -0.274. The molecule has 6 nitrogen and oxygen atoms in total. The maximum atomic E-state index is 12.8. The van der Waals surface area contributed by atoms with Crippen molar-refractivity contribution in [1.82, 2.24) is 4.31 Å². The summed E-state index contributed by atoms with van der Waals surface area (Å²) in [5.74, 6) is 0.263. The molecule has 1 heterocycles. The number of Topliss-reactive ketones (excluding diaryl/α,β-unsaturated/α-hetero) is 1. The highest BCUT2D eigenvalue weighted by atomic mass is 32.2. The molecule has 32 heavy (non-hydrogen) atoms. The molecule has 0 amide bonds. The fraction of sp³-hybridized carbons (Fsp3) is 0.682. The largest absolute Gasteiger partial charge is 0.573 e. The van der Waals surface area contributed by atoms with Crippen molar-refractivity contribution in [2.75, 3.05) is 19.7 Å². The quantitative estimate of drug-likeness (QED) is 0.516. The number of halogens is 3. The van der Waals surface area contributed by atoms with Crippen LogP contribution in [0.1, 0.15) is 57.8 Å². The third-order valence-electron chi connectivity index (χ3n) is 6.13. The molecule has 1 saturated heterocycles. The van der Waals surface area contributed by atoms with Crippen molar-refractivity contribution in [2.24, 2.45) is 5.92 Å². The summed E-state index contributed by atoms with van der Waals surface area (Å²) < 4.78 is 73.1. The van der Waals surface area contributed by atoms with Crippen molar-refractivity contribution in [3.05, 3.63) is 24.3 Å². The van der Waals surface area contributed by atoms with Gasteiger partial charge in [0, 0.05) is 19.5 Å². The van der Waals surface area contributed by atoms with Gasteiger partial charge >= 0.3 is 6.36 Å². The van der Waals surface area contributed by atoms with Crippen molar-refractivity contribution in [1.29, 1.82) is 0 Å². The molecule has 1 aromatic carbocycles. The van der Waals surface area contributed by atoms with E-state index in [1.54, 1.807) is 0 Å². The van der Waals surface area contributed by atoms with E-state index in [-0.39, 0.29) is 36.5 Å². The topological polar surface area (TPSA) is 72.9 Å². The lowest BCUT2D eigenvalue weighted by Crippen LogP contribution is -2.41. The predicted molar refractivity (Wildman–Crippen MR) is 112 cm³/mol. The van der Waals surface area contributed by atoms with Crippen molar-refractivity contribution in [3.63, 3.8) is 0 Å². The number of nitrogens with zero attached hydrogens (tertiary/aromatic N) is 1. The zero-order valence-electron chi connectivity index (χ0n) is 18.0. The van der Waals surface area contributed by atoms with Crippen LogP contribution in [0.4, 0.5) is 13.2 Å². The Balaban J connectivity index is 1.41. The number of piperidine rings is 1. The minimum absolute atomic E-state index is 0.0603. The number of hydrogen-bond donors (Lipinski definition) is 0. The summed E-state index contributed by atoms with van der Waals surface area (Å²) in [4.78, 5) is 12.0. The van der Waals surface area contributed by atoms with Gasteiger partial charge in [0.05, 0.1) is 11.0 Å². The van der Waals surface area contributed by atoms with E-state index in [4.69, 9.17) is 4.74 Å². The summed E-state index contributed by atoms with van der Waals surface area (Å²) in [6.45, 7) is 0.513. The Morgan fingerprint density at radius 1 is 1.00 bits per heavy atom. The van der Waals surface area contributed by atoms with Gasteiger partial charge in [-0.05, 0) is 49.4 Å². The first-order valence-electron chi connectivity index (χ1n) is 11.1. The number of alkyl halides is 3. The maximum absolute atomic E-state index is 12.8. The van der Waals surface area contributed by atoms with Gasteiger partial charge in [0.25, 0.3) is 0 Å². The molecular formula is C22H30F3NO5S. The molecule has 0 bridgehead atoms. The van der Waals surface area contributed by atoms with E-state index in [1.807, 2.05) is 0 Å². The van der Waals surface area contributed by atoms with Crippen molar-refractivity contribution >= 4 is 15.8 Å². The standard InChI is InChI=1S/C22H30F3NO5S/c23-22(24,25)31-20-8-10-21(11-9-20)32(28,29)26-14-12-19(13-15-26)30-16-18(27)7-6-17-4-2-1-3-5-17/h8-11,17,19H,1-7,12-16H2. The summed E-state index contributed by atoms with van der Waals surface area (Å²) in [6.07, 6.45) is 3.58. The van der Waals surface area contributed by atoms with E-state index in [0.29, 0.717) is 25.2 Å². The molecule has 0 radical (unpaired) electrons. The lowest BCUT2D eigenvalue weighted by atomic mass is 9.86. The van der Waals surface area contributed by atoms with Gasteiger partial charge in [0.2, 0.25) is 10.0 Å². The molecule has 0 unspecified atom stereocenters. The SMILES string of the molecule is O=C(CCC1CCCCC1)COC1CCN(S(=O)(=O)c2ccc(OC(F)(F)F)cc2)CC1. The van der Waals surface area contributed by atoms with Crippen LogP contribution in [0.2, 0.25) is 0 Å². The number of ketones is 1. The zero-order valence-corrected chi connectivity index (χ0v) is 18.8. The van der Waals surface area contributed by atoms with Gasteiger partial charge in [0.1, 0.15) is 12.4 Å². The first kappa shape index (κ1) is 25.0. The normalized spacial score (nSPS) is 19.7. The molecule has 1 aliphatic heterocycles. The number of sulfonamides is 1. The fourth-order valence-corrected chi connectivity index (χ4v) is 5.80. The van der Waals surface area contributed by atoms with Crippen LogP contribution >= 0.6 is 0 Å². The number of benzene rings is 1. The summed E-state index contributed by atoms with van der Waals surface area (Å²) in [6, 6.07) is 4.16. The van der Waals surface area contributed by atoms with Crippen molar-refractivity contribution < 1.29 is 35.9 Å². The minimum Gasteiger partial charge on any atom is -0.406 e. The molecule has 2 aliphatic rings. The van der Waals surface area contributed by atoms with Crippen LogP contribution < -0.4 is 4.74 Å². The Hall–Kier alpha value is -1.65. The van der Waals surface area contributed by atoms with Gasteiger partial charge in [0.15, 0.2) is 5.78 Å². The third-order valence-corrected chi connectivity index (χ3v) is 8.05. The summed E-state index contributed by atoms with van der Waals surface area (Å²) in [5.41, 5.74) is 0. The fourth-order valence-electron chi connectivity index (χ4n) is 4.33. The van der Waals surface area contributed by atoms with Gasteiger partial charge in [-0.25, -0.2) is 8.42 Å². The Morgan fingerprint density at radius 3 is 2.22 bits per heavy atom. The van der Waals surface area contributed by atoms with E-state index >= 15 is 0 Å². The second-order valence-electron chi connectivity index (χ2n) is 8.52. The number of rotatable bonds is 9. The molecule has 0 spiro atoms. The Labute approximate surface area is 187 Å². The van der Waals surface area contributed by atoms with Gasteiger partial charge < -0.3 is 9.47 Å². The number of carbonyl (C=O) groups is 1. The smallest absolute Gasteiger partial charge is 0.406 e. The molecule has 0 aromatic heterocycles. The minimum atomic E-state index is -4.83. The molecule has 180 valence electrons. The molecule has 1 saturated carbocycles. The summed E-state index contributed by atoms with van der Waals surface area (Å²) in [5, 5.41) is 0. The maximum Gasteiger partial charge on any atom is 0.573 e.